The van der Waals surface area contributed by atoms with Gasteiger partial charge in [-0.2, -0.15) is 0 Å². The molecule has 3 aromatic rings. The van der Waals surface area contributed by atoms with Crippen LogP contribution in [0, 0.1) is 0 Å². The molecule has 5 atom stereocenters. The minimum atomic E-state index is -1.28. The Bertz CT molecular complexity index is 1330. The van der Waals surface area contributed by atoms with Crippen LogP contribution in [0.25, 0.3) is 22.0 Å². The maximum Gasteiger partial charge on any atom is 0.303 e. The van der Waals surface area contributed by atoms with Gasteiger partial charge >= 0.3 is 17.9 Å². The van der Waals surface area contributed by atoms with Gasteiger partial charge in [-0.3, -0.25) is 14.4 Å². The van der Waals surface area contributed by atoms with Gasteiger partial charge in [0.25, 0.3) is 0 Å². The maximum atomic E-state index is 12.0. The first-order valence-electron chi connectivity index (χ1n) is 11.4. The molecule has 0 aliphatic carbocycles. The van der Waals surface area contributed by atoms with Crippen molar-refractivity contribution < 1.29 is 52.0 Å². The van der Waals surface area contributed by atoms with E-state index < -0.39 is 48.6 Å². The van der Waals surface area contributed by atoms with E-state index in [-0.39, 0.29) is 11.5 Å². The Labute approximate surface area is 211 Å². The van der Waals surface area contributed by atoms with Crippen molar-refractivity contribution in [2.45, 2.75) is 58.4 Å². The SMILES string of the molecule is COc1c2ccoc2nc2c(OC)c(O[C@@H]3O[C@H](C)[C@H](OC(C)=O)[C@@H](OC(C)=O)[C@H]3OC(C)=O)ccc12. The van der Waals surface area contributed by atoms with E-state index in [0.29, 0.717) is 27.8 Å². The first-order chi connectivity index (χ1) is 17.6. The standard InChI is InChI=1S/C25H27NO11/c1-11-19(34-12(2)27)22(35-13(3)28)23(36-14(4)29)25(33-11)37-17-8-7-15-18(21(17)31-6)26-24-16(9-10-32-24)20(15)30-5/h7-11,19,22-23,25H,1-6H3/t11-,19+,22-,23-,25+/m1/s1. The van der Waals surface area contributed by atoms with Gasteiger partial charge in [-0.1, -0.05) is 0 Å². The number of hydrogen-bond acceptors (Lipinski definition) is 12. The maximum absolute atomic E-state index is 12.0. The zero-order valence-electron chi connectivity index (χ0n) is 21.1. The fraction of sp³-hybridized carbons (Fsp3) is 0.440. The van der Waals surface area contributed by atoms with Gasteiger partial charge in [-0.05, 0) is 25.1 Å². The molecule has 0 radical (unpaired) electrons. The largest absolute Gasteiger partial charge is 0.495 e. The average molecular weight is 517 g/mol. The summed E-state index contributed by atoms with van der Waals surface area (Å²) in [7, 11) is 2.97. The molecule has 0 unspecified atom stereocenters. The number of aromatic nitrogens is 1. The first kappa shape index (κ1) is 26.0. The Morgan fingerprint density at radius 1 is 0.811 bits per heavy atom. The molecule has 1 fully saturated rings. The van der Waals surface area contributed by atoms with Gasteiger partial charge in [-0.15, -0.1) is 0 Å². The molecule has 4 rings (SSSR count). The van der Waals surface area contributed by atoms with E-state index in [1.165, 1.54) is 41.3 Å². The number of methoxy groups -OCH3 is 2. The lowest BCUT2D eigenvalue weighted by Crippen LogP contribution is -2.62. The lowest BCUT2D eigenvalue weighted by atomic mass is 9.98. The number of furan rings is 1. The molecule has 3 heterocycles. The molecule has 1 aromatic carbocycles. The van der Waals surface area contributed by atoms with Crippen molar-refractivity contribution in [3.05, 3.63) is 24.5 Å². The molecule has 1 saturated heterocycles. The van der Waals surface area contributed by atoms with Crippen LogP contribution in [0.1, 0.15) is 27.7 Å². The highest BCUT2D eigenvalue weighted by atomic mass is 16.7. The number of carbonyl (C=O) groups is 3. The van der Waals surface area contributed by atoms with Gasteiger partial charge < -0.3 is 37.6 Å². The van der Waals surface area contributed by atoms with Crippen LogP contribution in [0.4, 0.5) is 0 Å². The quantitative estimate of drug-likeness (QED) is 0.336. The summed E-state index contributed by atoms with van der Waals surface area (Å²) in [5.41, 5.74) is 0.723. The molecule has 0 spiro atoms. The van der Waals surface area contributed by atoms with Crippen molar-refractivity contribution >= 4 is 39.9 Å². The molecule has 1 aliphatic heterocycles. The number of carbonyl (C=O) groups excluding carboxylic acids is 3. The van der Waals surface area contributed by atoms with E-state index in [0.717, 1.165) is 0 Å². The summed E-state index contributed by atoms with van der Waals surface area (Å²) >= 11 is 0. The van der Waals surface area contributed by atoms with Gasteiger partial charge in [0.2, 0.25) is 18.1 Å². The summed E-state index contributed by atoms with van der Waals surface area (Å²) in [4.78, 5) is 40.2. The minimum Gasteiger partial charge on any atom is -0.495 e. The second-order valence-corrected chi connectivity index (χ2v) is 8.33. The molecule has 12 nitrogen and oxygen atoms in total. The Hall–Kier alpha value is -4.06. The second-order valence-electron chi connectivity index (χ2n) is 8.33. The highest BCUT2D eigenvalue weighted by Gasteiger charge is 2.51. The number of ether oxygens (including phenoxy) is 7. The van der Waals surface area contributed by atoms with Crippen LogP contribution in [0.15, 0.2) is 28.9 Å². The number of pyridine rings is 1. The lowest BCUT2D eigenvalue weighted by Gasteiger charge is -2.43. The molecule has 0 amide bonds. The molecule has 37 heavy (non-hydrogen) atoms. The van der Waals surface area contributed by atoms with Crippen molar-refractivity contribution in [2.24, 2.45) is 0 Å². The lowest BCUT2D eigenvalue weighted by molar-refractivity contribution is -0.280. The highest BCUT2D eigenvalue weighted by molar-refractivity contribution is 6.02. The first-order valence-corrected chi connectivity index (χ1v) is 11.4. The summed E-state index contributed by atoms with van der Waals surface area (Å²) in [5.74, 6) is -1.02. The Kier molecular flexibility index (Phi) is 7.39. The monoisotopic (exact) mass is 517 g/mol. The second kappa shape index (κ2) is 10.5. The molecule has 2 aromatic heterocycles. The van der Waals surface area contributed by atoms with Crippen molar-refractivity contribution in [1.82, 2.24) is 4.98 Å². The zero-order valence-corrected chi connectivity index (χ0v) is 21.1. The predicted molar refractivity (Wildman–Crippen MR) is 126 cm³/mol. The van der Waals surface area contributed by atoms with Crippen LogP contribution in [0.2, 0.25) is 0 Å². The van der Waals surface area contributed by atoms with E-state index in [2.05, 4.69) is 4.98 Å². The molecule has 0 saturated carbocycles. The number of nitrogens with zero attached hydrogens (tertiary/aromatic N) is 1. The topological polar surface area (TPSA) is 142 Å². The van der Waals surface area contributed by atoms with Crippen LogP contribution in [-0.2, 0) is 33.3 Å². The van der Waals surface area contributed by atoms with E-state index in [1.807, 2.05) is 0 Å². The third-order valence-electron chi connectivity index (χ3n) is 5.73. The molecular weight excluding hydrogens is 490 g/mol. The number of hydrogen-bond donors (Lipinski definition) is 0. The summed E-state index contributed by atoms with van der Waals surface area (Å²) in [6.45, 7) is 5.19. The van der Waals surface area contributed by atoms with Crippen LogP contribution in [-0.4, -0.2) is 67.8 Å². The Morgan fingerprint density at radius 2 is 1.43 bits per heavy atom. The third-order valence-corrected chi connectivity index (χ3v) is 5.73. The van der Waals surface area contributed by atoms with Crippen molar-refractivity contribution in [2.75, 3.05) is 14.2 Å². The molecule has 0 N–H and O–H groups in total. The zero-order chi connectivity index (χ0) is 26.9. The fourth-order valence-corrected chi connectivity index (χ4v) is 4.35. The number of esters is 3. The Morgan fingerprint density at radius 3 is 2.05 bits per heavy atom. The normalized spacial score (nSPS) is 23.4. The van der Waals surface area contributed by atoms with Gasteiger partial charge in [-0.25, -0.2) is 4.98 Å². The summed E-state index contributed by atoms with van der Waals surface area (Å²) in [5, 5.41) is 1.33. The predicted octanol–water partition coefficient (Wildman–Crippen LogP) is 2.92. The molecule has 198 valence electrons. The van der Waals surface area contributed by atoms with E-state index >= 15 is 0 Å². The number of benzene rings is 1. The van der Waals surface area contributed by atoms with Gasteiger partial charge in [0.05, 0.1) is 32.0 Å². The summed E-state index contributed by atoms with van der Waals surface area (Å²) in [6, 6.07) is 5.09. The average Bonchev–Trinajstić information content (AvgIpc) is 3.29. The smallest absolute Gasteiger partial charge is 0.303 e. The van der Waals surface area contributed by atoms with E-state index in [9.17, 15) is 14.4 Å². The van der Waals surface area contributed by atoms with Crippen molar-refractivity contribution in [3.63, 3.8) is 0 Å². The van der Waals surface area contributed by atoms with Crippen molar-refractivity contribution in [3.8, 4) is 17.2 Å². The molecular formula is C25H27NO11. The van der Waals surface area contributed by atoms with E-state index in [1.54, 1.807) is 25.1 Å². The molecule has 0 bridgehead atoms. The highest BCUT2D eigenvalue weighted by Crippen LogP contribution is 2.42. The van der Waals surface area contributed by atoms with Crippen LogP contribution in [0.5, 0.6) is 17.2 Å². The van der Waals surface area contributed by atoms with Crippen molar-refractivity contribution in [1.29, 1.82) is 0 Å². The van der Waals surface area contributed by atoms with Crippen LogP contribution >= 0.6 is 0 Å². The Balaban J connectivity index is 1.78. The minimum absolute atomic E-state index is 0.192. The number of rotatable bonds is 7. The van der Waals surface area contributed by atoms with Gasteiger partial charge in [0, 0.05) is 26.2 Å². The fourth-order valence-electron chi connectivity index (χ4n) is 4.35. The molecule has 1 aliphatic rings. The van der Waals surface area contributed by atoms with Gasteiger partial charge in [0.15, 0.2) is 23.7 Å². The third kappa shape index (κ3) is 5.10. The summed E-state index contributed by atoms with van der Waals surface area (Å²) in [6.07, 6.45) is -4.10. The number of fused-ring (bicyclic) bond motifs is 2. The molecule has 12 heteroatoms. The van der Waals surface area contributed by atoms with E-state index in [4.69, 9.17) is 37.6 Å². The van der Waals surface area contributed by atoms with Gasteiger partial charge in [0.1, 0.15) is 11.3 Å². The van der Waals surface area contributed by atoms with Crippen LogP contribution in [0.3, 0.4) is 0 Å². The summed E-state index contributed by atoms with van der Waals surface area (Å²) < 4.78 is 45.0. The van der Waals surface area contributed by atoms with Crippen LogP contribution < -0.4 is 14.2 Å².